The van der Waals surface area contributed by atoms with E-state index in [4.69, 9.17) is 23.5 Å². The van der Waals surface area contributed by atoms with E-state index in [1.165, 1.54) is 0 Å². The number of hydrogen-bond donors (Lipinski definition) is 1. The smallest absolute Gasteiger partial charge is 0.292 e. The number of ether oxygens (including phenoxy) is 4. The lowest BCUT2D eigenvalue weighted by molar-refractivity contribution is 0.0937. The second-order valence-corrected chi connectivity index (χ2v) is 5.85. The van der Waals surface area contributed by atoms with Crippen molar-refractivity contribution in [2.75, 3.05) is 21.0 Å². The number of methoxy groups -OCH3 is 2. The number of rotatable bonds is 6. The van der Waals surface area contributed by atoms with Gasteiger partial charge in [0.05, 0.1) is 14.2 Å². The van der Waals surface area contributed by atoms with Crippen LogP contribution in [0.4, 0.5) is 0 Å². The van der Waals surface area contributed by atoms with Gasteiger partial charge in [0.2, 0.25) is 6.79 Å². The fraction of sp³-hybridized carbons (Fsp3) is 0.211. The maximum Gasteiger partial charge on any atom is 0.292 e. The summed E-state index contributed by atoms with van der Waals surface area (Å²) >= 11 is 0. The molecular formula is C19H17N3O6. The molecule has 1 aliphatic rings. The zero-order valence-corrected chi connectivity index (χ0v) is 15.2. The molecule has 1 N–H and O–H groups in total. The van der Waals surface area contributed by atoms with E-state index >= 15 is 0 Å². The molecule has 28 heavy (non-hydrogen) atoms. The monoisotopic (exact) mass is 383 g/mol. The Morgan fingerprint density at radius 2 is 1.96 bits per heavy atom. The number of carbonyl (C=O) groups is 1. The average molecular weight is 383 g/mol. The van der Waals surface area contributed by atoms with Crippen molar-refractivity contribution < 1.29 is 28.3 Å². The molecule has 1 aromatic heterocycles. The van der Waals surface area contributed by atoms with E-state index in [0.717, 1.165) is 5.56 Å². The molecule has 9 nitrogen and oxygen atoms in total. The summed E-state index contributed by atoms with van der Waals surface area (Å²) in [4.78, 5) is 16.5. The van der Waals surface area contributed by atoms with Crippen molar-refractivity contribution in [2.45, 2.75) is 6.54 Å². The minimum absolute atomic E-state index is 0.0745. The summed E-state index contributed by atoms with van der Waals surface area (Å²) in [6, 6.07) is 10.6. The van der Waals surface area contributed by atoms with Gasteiger partial charge >= 0.3 is 0 Å². The van der Waals surface area contributed by atoms with E-state index in [9.17, 15) is 4.79 Å². The third kappa shape index (κ3) is 3.41. The predicted molar refractivity (Wildman–Crippen MR) is 96.6 cm³/mol. The van der Waals surface area contributed by atoms with Gasteiger partial charge in [-0.05, 0) is 36.4 Å². The molecule has 0 atom stereocenters. The highest BCUT2D eigenvalue weighted by Gasteiger charge is 2.19. The Morgan fingerprint density at radius 1 is 1.11 bits per heavy atom. The Morgan fingerprint density at radius 3 is 2.79 bits per heavy atom. The minimum atomic E-state index is -0.472. The molecule has 9 heteroatoms. The van der Waals surface area contributed by atoms with Gasteiger partial charge in [0.25, 0.3) is 17.6 Å². The van der Waals surface area contributed by atoms with E-state index in [-0.39, 0.29) is 25.1 Å². The largest absolute Gasteiger partial charge is 0.497 e. The van der Waals surface area contributed by atoms with Crippen LogP contribution in [0.1, 0.15) is 16.2 Å². The van der Waals surface area contributed by atoms with Crippen LogP contribution in [0.3, 0.4) is 0 Å². The zero-order chi connectivity index (χ0) is 19.5. The molecule has 0 fully saturated rings. The van der Waals surface area contributed by atoms with Crippen LogP contribution in [0, 0.1) is 0 Å². The quantitative estimate of drug-likeness (QED) is 0.692. The average Bonchev–Trinajstić information content (AvgIpc) is 3.40. The maximum absolute atomic E-state index is 12.4. The van der Waals surface area contributed by atoms with Crippen molar-refractivity contribution in [3.05, 3.63) is 47.8 Å². The molecule has 0 aliphatic carbocycles. The number of nitrogens with one attached hydrogen (secondary N) is 1. The van der Waals surface area contributed by atoms with Crippen LogP contribution < -0.4 is 24.3 Å². The van der Waals surface area contributed by atoms with Crippen LogP contribution in [0.5, 0.6) is 23.0 Å². The molecule has 1 aliphatic heterocycles. The molecule has 2 heterocycles. The lowest BCUT2D eigenvalue weighted by atomic mass is 10.2. The lowest BCUT2D eigenvalue weighted by Gasteiger charge is -2.10. The molecule has 3 aromatic rings. The molecule has 0 saturated carbocycles. The highest BCUT2D eigenvalue weighted by atomic mass is 16.7. The van der Waals surface area contributed by atoms with E-state index in [2.05, 4.69) is 15.5 Å². The number of hydrogen-bond acceptors (Lipinski definition) is 8. The summed E-state index contributed by atoms with van der Waals surface area (Å²) in [7, 11) is 3.13. The molecule has 144 valence electrons. The molecule has 0 unspecified atom stereocenters. The fourth-order valence-corrected chi connectivity index (χ4v) is 2.74. The first-order valence-corrected chi connectivity index (χ1v) is 8.41. The molecule has 0 saturated heterocycles. The van der Waals surface area contributed by atoms with E-state index in [1.807, 2.05) is 0 Å². The third-order valence-electron chi connectivity index (χ3n) is 4.18. The second kappa shape index (κ2) is 7.47. The zero-order valence-electron chi connectivity index (χ0n) is 15.2. The van der Waals surface area contributed by atoms with Crippen LogP contribution in [-0.2, 0) is 6.54 Å². The summed E-state index contributed by atoms with van der Waals surface area (Å²) in [6.07, 6.45) is 0. The maximum atomic E-state index is 12.4. The topological polar surface area (TPSA) is 105 Å². The van der Waals surface area contributed by atoms with Gasteiger partial charge in [-0.1, -0.05) is 5.16 Å². The Kier molecular flexibility index (Phi) is 4.71. The van der Waals surface area contributed by atoms with Crippen molar-refractivity contribution in [2.24, 2.45) is 0 Å². The first-order chi connectivity index (χ1) is 13.7. The summed E-state index contributed by atoms with van der Waals surface area (Å²) < 4.78 is 26.3. The number of amides is 1. The van der Waals surface area contributed by atoms with Crippen LogP contribution in [0.15, 0.2) is 40.9 Å². The van der Waals surface area contributed by atoms with Crippen LogP contribution in [0.2, 0.25) is 0 Å². The van der Waals surface area contributed by atoms with E-state index in [1.54, 1.807) is 50.6 Å². The summed E-state index contributed by atoms with van der Waals surface area (Å²) in [5.41, 5.74) is 1.39. The number of benzene rings is 2. The van der Waals surface area contributed by atoms with Crippen LogP contribution in [-0.4, -0.2) is 37.1 Å². The highest BCUT2D eigenvalue weighted by Crippen LogP contribution is 2.35. The fourth-order valence-electron chi connectivity index (χ4n) is 2.74. The van der Waals surface area contributed by atoms with Gasteiger partial charge in [-0.2, -0.15) is 4.98 Å². The van der Waals surface area contributed by atoms with Gasteiger partial charge in [-0.3, -0.25) is 4.79 Å². The summed E-state index contributed by atoms with van der Waals surface area (Å²) in [5, 5.41) is 6.49. The molecule has 1 amide bonds. The van der Waals surface area contributed by atoms with Crippen molar-refractivity contribution in [1.29, 1.82) is 0 Å². The van der Waals surface area contributed by atoms with Crippen molar-refractivity contribution >= 4 is 5.91 Å². The summed E-state index contributed by atoms with van der Waals surface area (Å²) in [6.45, 7) is 0.386. The standard InChI is InChI=1S/C19H17N3O6/c1-24-13-4-6-14(25-2)12(7-13)9-20-18(23)17-21-19(28-22-17)11-3-5-15-16(8-11)27-10-26-15/h3-8H,9-10H2,1-2H3,(H,20,23). The highest BCUT2D eigenvalue weighted by molar-refractivity contribution is 5.90. The number of carbonyl (C=O) groups excluding carboxylic acids is 1. The van der Waals surface area contributed by atoms with Gasteiger partial charge < -0.3 is 28.8 Å². The molecule has 0 spiro atoms. The Labute approximate surface area is 160 Å². The molecule has 0 radical (unpaired) electrons. The number of aromatic nitrogens is 2. The Balaban J connectivity index is 1.47. The Hall–Kier alpha value is -3.75. The molecular weight excluding hydrogens is 366 g/mol. The Bertz CT molecular complexity index is 1020. The molecule has 4 rings (SSSR count). The van der Waals surface area contributed by atoms with Crippen LogP contribution in [0.25, 0.3) is 11.5 Å². The first-order valence-electron chi connectivity index (χ1n) is 8.41. The number of fused-ring (bicyclic) bond motifs is 1. The van der Waals surface area contributed by atoms with E-state index in [0.29, 0.717) is 28.6 Å². The van der Waals surface area contributed by atoms with Gasteiger partial charge in [-0.25, -0.2) is 0 Å². The predicted octanol–water partition coefficient (Wildman–Crippen LogP) is 2.41. The van der Waals surface area contributed by atoms with Crippen molar-refractivity contribution in [3.63, 3.8) is 0 Å². The lowest BCUT2D eigenvalue weighted by Crippen LogP contribution is -2.24. The second-order valence-electron chi connectivity index (χ2n) is 5.85. The first kappa shape index (κ1) is 17.7. The minimum Gasteiger partial charge on any atom is -0.497 e. The van der Waals surface area contributed by atoms with Gasteiger partial charge in [-0.15, -0.1) is 0 Å². The number of nitrogens with zero attached hydrogens (tertiary/aromatic N) is 2. The van der Waals surface area contributed by atoms with Crippen molar-refractivity contribution in [3.8, 4) is 34.5 Å². The van der Waals surface area contributed by atoms with Gasteiger partial charge in [0.1, 0.15) is 11.5 Å². The van der Waals surface area contributed by atoms with Crippen molar-refractivity contribution in [1.82, 2.24) is 15.5 Å². The normalized spacial score (nSPS) is 11.9. The molecule has 2 aromatic carbocycles. The summed E-state index contributed by atoms with van der Waals surface area (Å²) in [5.74, 6) is 2.20. The van der Waals surface area contributed by atoms with E-state index < -0.39 is 5.91 Å². The molecule has 0 bridgehead atoms. The van der Waals surface area contributed by atoms with Gasteiger partial charge in [0, 0.05) is 17.7 Å². The third-order valence-corrected chi connectivity index (χ3v) is 4.18. The van der Waals surface area contributed by atoms with Gasteiger partial charge in [0.15, 0.2) is 11.5 Å². The SMILES string of the molecule is COc1ccc(OC)c(CNC(=O)c2noc(-c3ccc4c(c3)OCO4)n2)c1. The van der Waals surface area contributed by atoms with Crippen LogP contribution >= 0.6 is 0 Å².